The lowest BCUT2D eigenvalue weighted by Gasteiger charge is -2.15. The van der Waals surface area contributed by atoms with Crippen LogP contribution in [-0.4, -0.2) is 44.9 Å². The Bertz CT molecular complexity index is 368. The molecule has 2 rings (SSSR count). The first kappa shape index (κ1) is 9.97. The van der Waals surface area contributed by atoms with Gasteiger partial charge < -0.3 is 15.7 Å². The van der Waals surface area contributed by atoms with E-state index in [4.69, 9.17) is 5.73 Å². The van der Waals surface area contributed by atoms with Crippen molar-refractivity contribution in [3.8, 4) is 0 Å². The highest BCUT2D eigenvalue weighted by Gasteiger charge is 2.28. The van der Waals surface area contributed by atoms with Gasteiger partial charge in [-0.25, -0.2) is 0 Å². The molecule has 3 N–H and O–H groups in total. The average Bonchev–Trinajstić information content (AvgIpc) is 2.73. The maximum absolute atomic E-state index is 12.0. The number of nitrogen functional groups attached to an aromatic ring is 1. The number of nitrogens with zero attached hydrogens (tertiary/aromatic N) is 3. The molecule has 0 aliphatic carbocycles. The van der Waals surface area contributed by atoms with Gasteiger partial charge in [0.25, 0.3) is 5.91 Å². The fraction of sp³-hybridized carbons (Fsp3) is 0.556. The van der Waals surface area contributed by atoms with E-state index in [0.29, 0.717) is 30.9 Å². The number of likely N-dealkylation sites (tertiary alicyclic amines) is 1. The molecule has 15 heavy (non-hydrogen) atoms. The molecule has 1 aromatic heterocycles. The minimum Gasteiger partial charge on any atom is -0.396 e. The molecular formula is C9H14N4O2. The van der Waals surface area contributed by atoms with Gasteiger partial charge in [0, 0.05) is 20.1 Å². The monoisotopic (exact) mass is 210 g/mol. The van der Waals surface area contributed by atoms with Crippen molar-refractivity contribution in [2.75, 3.05) is 18.8 Å². The summed E-state index contributed by atoms with van der Waals surface area (Å²) < 4.78 is 1.46. The van der Waals surface area contributed by atoms with E-state index in [1.807, 2.05) is 0 Å². The fourth-order valence-electron chi connectivity index (χ4n) is 1.79. The van der Waals surface area contributed by atoms with E-state index in [1.54, 1.807) is 11.9 Å². The Morgan fingerprint density at radius 1 is 1.73 bits per heavy atom. The summed E-state index contributed by atoms with van der Waals surface area (Å²) in [6, 6.07) is 0. The number of aliphatic hydroxyl groups excluding tert-OH is 1. The van der Waals surface area contributed by atoms with Gasteiger partial charge in [0.05, 0.1) is 18.0 Å². The normalized spacial score (nSPS) is 20.9. The number of aliphatic hydroxyl groups is 1. The topological polar surface area (TPSA) is 84.4 Å². The number of rotatable bonds is 1. The molecule has 1 aromatic rings. The second-order valence-electron chi connectivity index (χ2n) is 3.77. The van der Waals surface area contributed by atoms with Crippen LogP contribution in [0.4, 0.5) is 5.69 Å². The molecular weight excluding hydrogens is 196 g/mol. The molecule has 1 aliphatic rings. The Kier molecular flexibility index (Phi) is 2.36. The average molecular weight is 210 g/mol. The van der Waals surface area contributed by atoms with Crippen LogP contribution in [0.5, 0.6) is 0 Å². The van der Waals surface area contributed by atoms with Gasteiger partial charge in [-0.1, -0.05) is 0 Å². The Morgan fingerprint density at radius 3 is 2.93 bits per heavy atom. The van der Waals surface area contributed by atoms with Crippen molar-refractivity contribution in [1.29, 1.82) is 0 Å². The van der Waals surface area contributed by atoms with E-state index in [2.05, 4.69) is 5.10 Å². The standard InChI is InChI=1S/C9H14N4O2/c1-12-8(7(10)4-11-12)9(15)13-3-2-6(14)5-13/h4,6,14H,2-3,5,10H2,1H3/t6-/m1/s1. The van der Waals surface area contributed by atoms with E-state index < -0.39 is 6.10 Å². The van der Waals surface area contributed by atoms with Gasteiger partial charge in [-0.3, -0.25) is 9.48 Å². The van der Waals surface area contributed by atoms with E-state index in [-0.39, 0.29) is 5.91 Å². The number of aromatic nitrogens is 2. The van der Waals surface area contributed by atoms with Gasteiger partial charge in [0.1, 0.15) is 5.69 Å². The number of hydrogen-bond donors (Lipinski definition) is 2. The van der Waals surface area contributed by atoms with Gasteiger partial charge >= 0.3 is 0 Å². The summed E-state index contributed by atoms with van der Waals surface area (Å²) in [5, 5.41) is 13.2. The molecule has 6 heteroatoms. The smallest absolute Gasteiger partial charge is 0.274 e. The van der Waals surface area contributed by atoms with Crippen LogP contribution in [0.25, 0.3) is 0 Å². The predicted molar refractivity (Wildman–Crippen MR) is 54.1 cm³/mol. The number of anilines is 1. The SMILES string of the molecule is Cn1ncc(N)c1C(=O)N1CC[C@@H](O)C1. The van der Waals surface area contributed by atoms with Crippen LogP contribution < -0.4 is 5.73 Å². The van der Waals surface area contributed by atoms with Crippen molar-refractivity contribution in [3.05, 3.63) is 11.9 Å². The lowest BCUT2D eigenvalue weighted by molar-refractivity contribution is 0.0755. The number of nitrogens with two attached hydrogens (primary N) is 1. The van der Waals surface area contributed by atoms with Crippen LogP contribution in [0, 0.1) is 0 Å². The zero-order valence-electron chi connectivity index (χ0n) is 8.55. The molecule has 0 spiro atoms. The zero-order chi connectivity index (χ0) is 11.0. The highest BCUT2D eigenvalue weighted by atomic mass is 16.3. The highest BCUT2D eigenvalue weighted by Crippen LogP contribution is 2.16. The predicted octanol–water partition coefficient (Wildman–Crippen LogP) is -0.791. The maximum Gasteiger partial charge on any atom is 0.274 e. The molecule has 0 aromatic carbocycles. The number of amides is 1. The summed E-state index contributed by atoms with van der Waals surface area (Å²) in [6.07, 6.45) is 1.67. The Hall–Kier alpha value is -1.56. The molecule has 1 aliphatic heterocycles. The molecule has 2 heterocycles. The molecule has 0 saturated carbocycles. The first-order valence-electron chi connectivity index (χ1n) is 4.84. The zero-order valence-corrected chi connectivity index (χ0v) is 8.55. The summed E-state index contributed by atoms with van der Waals surface area (Å²) >= 11 is 0. The second-order valence-corrected chi connectivity index (χ2v) is 3.77. The Balaban J connectivity index is 2.21. The third-order valence-electron chi connectivity index (χ3n) is 2.62. The van der Waals surface area contributed by atoms with Crippen LogP contribution in [0.3, 0.4) is 0 Å². The second kappa shape index (κ2) is 3.54. The lowest BCUT2D eigenvalue weighted by Crippen LogP contribution is -2.31. The minimum atomic E-state index is -0.414. The first-order valence-corrected chi connectivity index (χ1v) is 4.84. The largest absolute Gasteiger partial charge is 0.396 e. The van der Waals surface area contributed by atoms with Crippen molar-refractivity contribution in [2.45, 2.75) is 12.5 Å². The van der Waals surface area contributed by atoms with Crippen molar-refractivity contribution in [2.24, 2.45) is 7.05 Å². The Labute approximate surface area is 87.3 Å². The van der Waals surface area contributed by atoms with Crippen LogP contribution >= 0.6 is 0 Å². The van der Waals surface area contributed by atoms with Crippen molar-refractivity contribution < 1.29 is 9.90 Å². The third-order valence-corrected chi connectivity index (χ3v) is 2.62. The minimum absolute atomic E-state index is 0.163. The molecule has 1 saturated heterocycles. The summed E-state index contributed by atoms with van der Waals surface area (Å²) in [5.74, 6) is -0.163. The van der Waals surface area contributed by atoms with Crippen molar-refractivity contribution in [1.82, 2.24) is 14.7 Å². The molecule has 1 atom stereocenters. The molecule has 82 valence electrons. The quantitative estimate of drug-likeness (QED) is 0.636. The molecule has 6 nitrogen and oxygen atoms in total. The maximum atomic E-state index is 12.0. The lowest BCUT2D eigenvalue weighted by atomic mass is 10.3. The molecule has 0 radical (unpaired) electrons. The van der Waals surface area contributed by atoms with Gasteiger partial charge in [0.15, 0.2) is 0 Å². The highest BCUT2D eigenvalue weighted by molar-refractivity contribution is 5.97. The van der Waals surface area contributed by atoms with Crippen LogP contribution in [0.2, 0.25) is 0 Å². The first-order chi connectivity index (χ1) is 7.09. The number of hydrogen-bond acceptors (Lipinski definition) is 4. The van der Waals surface area contributed by atoms with Crippen LogP contribution in [-0.2, 0) is 7.05 Å². The van der Waals surface area contributed by atoms with Gasteiger partial charge in [0.2, 0.25) is 0 Å². The van der Waals surface area contributed by atoms with E-state index in [0.717, 1.165) is 0 Å². The van der Waals surface area contributed by atoms with E-state index >= 15 is 0 Å². The van der Waals surface area contributed by atoms with Crippen molar-refractivity contribution >= 4 is 11.6 Å². The number of aryl methyl sites for hydroxylation is 1. The molecule has 1 amide bonds. The van der Waals surface area contributed by atoms with Gasteiger partial charge in [-0.05, 0) is 6.42 Å². The van der Waals surface area contributed by atoms with E-state index in [9.17, 15) is 9.90 Å². The van der Waals surface area contributed by atoms with Crippen molar-refractivity contribution in [3.63, 3.8) is 0 Å². The van der Waals surface area contributed by atoms with Gasteiger partial charge in [-0.2, -0.15) is 5.10 Å². The number of carbonyl (C=O) groups excluding carboxylic acids is 1. The van der Waals surface area contributed by atoms with Crippen LogP contribution in [0.15, 0.2) is 6.20 Å². The number of carbonyl (C=O) groups is 1. The summed E-state index contributed by atoms with van der Waals surface area (Å²) in [7, 11) is 1.68. The summed E-state index contributed by atoms with van der Waals surface area (Å²) in [5.41, 5.74) is 6.42. The van der Waals surface area contributed by atoms with Gasteiger partial charge in [-0.15, -0.1) is 0 Å². The molecule has 0 bridgehead atoms. The fourth-order valence-corrected chi connectivity index (χ4v) is 1.79. The van der Waals surface area contributed by atoms with Crippen LogP contribution in [0.1, 0.15) is 16.9 Å². The molecule has 1 fully saturated rings. The Morgan fingerprint density at radius 2 is 2.47 bits per heavy atom. The summed E-state index contributed by atoms with van der Waals surface area (Å²) in [4.78, 5) is 13.6. The molecule has 0 unspecified atom stereocenters. The number of β-amino-alcohol motifs (C(OH)–C–C–N with tert-alkyl or cyclic N) is 1. The summed E-state index contributed by atoms with van der Waals surface area (Å²) in [6.45, 7) is 0.952. The third kappa shape index (κ3) is 1.68. The van der Waals surface area contributed by atoms with E-state index in [1.165, 1.54) is 10.9 Å².